The molecule has 0 bridgehead atoms. The molecule has 1 fully saturated rings. The van der Waals surface area contributed by atoms with Crippen LogP contribution in [0.2, 0.25) is 0 Å². The predicted octanol–water partition coefficient (Wildman–Crippen LogP) is 1.62. The van der Waals surface area contributed by atoms with Gasteiger partial charge in [0.2, 0.25) is 5.91 Å². The lowest BCUT2D eigenvalue weighted by molar-refractivity contribution is -0.128. The van der Waals surface area contributed by atoms with Crippen LogP contribution in [0.25, 0.3) is 0 Å². The zero-order valence-electron chi connectivity index (χ0n) is 7.64. The van der Waals surface area contributed by atoms with Crippen molar-refractivity contribution in [3.05, 3.63) is 22.4 Å². The van der Waals surface area contributed by atoms with Gasteiger partial charge in [-0.25, -0.2) is 0 Å². The van der Waals surface area contributed by atoms with E-state index in [2.05, 4.69) is 6.07 Å². The SMILES string of the molecule is N#CC1CC(=O)N(Cc2cccs2)C1. The van der Waals surface area contributed by atoms with E-state index in [0.717, 1.165) is 0 Å². The Morgan fingerprint density at radius 1 is 1.71 bits per heavy atom. The van der Waals surface area contributed by atoms with E-state index in [0.29, 0.717) is 19.5 Å². The van der Waals surface area contributed by atoms with Crippen LogP contribution in [0.5, 0.6) is 0 Å². The monoisotopic (exact) mass is 206 g/mol. The highest BCUT2D eigenvalue weighted by Gasteiger charge is 2.29. The molecular formula is C10H10N2OS. The van der Waals surface area contributed by atoms with Crippen molar-refractivity contribution in [2.45, 2.75) is 13.0 Å². The molecule has 1 aromatic heterocycles. The number of thiophene rings is 1. The maximum Gasteiger partial charge on any atom is 0.224 e. The van der Waals surface area contributed by atoms with E-state index in [1.165, 1.54) is 4.88 Å². The molecule has 0 saturated carbocycles. The van der Waals surface area contributed by atoms with Crippen LogP contribution in [0.1, 0.15) is 11.3 Å². The number of nitrogens with zero attached hydrogens (tertiary/aromatic N) is 2. The van der Waals surface area contributed by atoms with Gasteiger partial charge in [-0.15, -0.1) is 11.3 Å². The molecule has 1 unspecified atom stereocenters. The fraction of sp³-hybridized carbons (Fsp3) is 0.400. The Hall–Kier alpha value is -1.34. The number of hydrogen-bond donors (Lipinski definition) is 0. The summed E-state index contributed by atoms with van der Waals surface area (Å²) >= 11 is 1.64. The minimum atomic E-state index is -0.109. The summed E-state index contributed by atoms with van der Waals surface area (Å²) in [6.07, 6.45) is 0.391. The molecule has 1 aromatic rings. The first-order valence-corrected chi connectivity index (χ1v) is 5.37. The van der Waals surface area contributed by atoms with Crippen LogP contribution in [0.15, 0.2) is 17.5 Å². The highest BCUT2D eigenvalue weighted by atomic mass is 32.1. The third-order valence-corrected chi connectivity index (χ3v) is 3.19. The fourth-order valence-corrected chi connectivity index (χ4v) is 2.32. The molecule has 4 heteroatoms. The molecule has 0 aromatic carbocycles. The van der Waals surface area contributed by atoms with Gasteiger partial charge >= 0.3 is 0 Å². The first-order valence-electron chi connectivity index (χ1n) is 4.49. The Morgan fingerprint density at radius 2 is 2.57 bits per heavy atom. The predicted molar refractivity (Wildman–Crippen MR) is 53.5 cm³/mol. The van der Waals surface area contributed by atoms with Gasteiger partial charge in [0, 0.05) is 17.8 Å². The molecule has 0 N–H and O–H groups in total. The van der Waals surface area contributed by atoms with Crippen LogP contribution in [0.4, 0.5) is 0 Å². The van der Waals surface area contributed by atoms with E-state index < -0.39 is 0 Å². The Kier molecular flexibility index (Phi) is 2.51. The van der Waals surface area contributed by atoms with Crippen molar-refractivity contribution in [2.75, 3.05) is 6.54 Å². The van der Waals surface area contributed by atoms with Crippen molar-refractivity contribution in [1.82, 2.24) is 4.90 Å². The van der Waals surface area contributed by atoms with E-state index in [9.17, 15) is 4.79 Å². The summed E-state index contributed by atoms with van der Waals surface area (Å²) in [7, 11) is 0. The molecule has 0 radical (unpaired) electrons. The van der Waals surface area contributed by atoms with Gasteiger partial charge in [0.15, 0.2) is 0 Å². The number of rotatable bonds is 2. The standard InChI is InChI=1S/C10H10N2OS/c11-5-8-4-10(13)12(6-8)7-9-2-1-3-14-9/h1-3,8H,4,6-7H2. The average molecular weight is 206 g/mol. The summed E-state index contributed by atoms with van der Waals surface area (Å²) in [5, 5.41) is 10.7. The Morgan fingerprint density at radius 3 is 3.14 bits per heavy atom. The highest BCUT2D eigenvalue weighted by molar-refractivity contribution is 7.09. The molecule has 14 heavy (non-hydrogen) atoms. The average Bonchev–Trinajstić information content (AvgIpc) is 2.78. The fourth-order valence-electron chi connectivity index (χ4n) is 1.60. The highest BCUT2D eigenvalue weighted by Crippen LogP contribution is 2.20. The van der Waals surface area contributed by atoms with Gasteiger partial charge in [-0.2, -0.15) is 5.26 Å². The topological polar surface area (TPSA) is 44.1 Å². The molecule has 72 valence electrons. The number of amides is 1. The molecule has 0 spiro atoms. The van der Waals surface area contributed by atoms with Crippen LogP contribution in [0, 0.1) is 17.2 Å². The summed E-state index contributed by atoms with van der Waals surface area (Å²) in [6.45, 7) is 1.25. The smallest absolute Gasteiger partial charge is 0.224 e. The number of carbonyl (C=O) groups is 1. The van der Waals surface area contributed by atoms with Gasteiger partial charge in [-0.05, 0) is 11.4 Å². The first kappa shape index (κ1) is 9.22. The largest absolute Gasteiger partial charge is 0.336 e. The summed E-state index contributed by atoms with van der Waals surface area (Å²) in [5.41, 5.74) is 0. The van der Waals surface area contributed by atoms with Crippen molar-refractivity contribution in [2.24, 2.45) is 5.92 Å². The second kappa shape index (κ2) is 3.81. The van der Waals surface area contributed by atoms with Gasteiger partial charge in [0.25, 0.3) is 0 Å². The lowest BCUT2D eigenvalue weighted by atomic mass is 10.1. The Labute approximate surface area is 86.6 Å². The Balaban J connectivity index is 2.00. The summed E-state index contributed by atoms with van der Waals surface area (Å²) < 4.78 is 0. The minimum Gasteiger partial charge on any atom is -0.336 e. The quantitative estimate of drug-likeness (QED) is 0.738. The van der Waals surface area contributed by atoms with Crippen LogP contribution in [-0.4, -0.2) is 17.4 Å². The van der Waals surface area contributed by atoms with E-state index in [1.54, 1.807) is 16.2 Å². The molecule has 3 nitrogen and oxygen atoms in total. The third kappa shape index (κ3) is 1.78. The van der Waals surface area contributed by atoms with E-state index in [1.807, 2.05) is 17.5 Å². The van der Waals surface area contributed by atoms with Gasteiger partial charge in [-0.1, -0.05) is 6.07 Å². The van der Waals surface area contributed by atoms with Gasteiger partial charge < -0.3 is 4.90 Å². The number of likely N-dealkylation sites (tertiary alicyclic amines) is 1. The minimum absolute atomic E-state index is 0.102. The second-order valence-electron chi connectivity index (χ2n) is 3.38. The normalized spacial score (nSPS) is 21.2. The molecule has 1 aliphatic rings. The maximum atomic E-state index is 11.4. The van der Waals surface area contributed by atoms with Crippen LogP contribution >= 0.6 is 11.3 Å². The molecule has 1 aliphatic heterocycles. The van der Waals surface area contributed by atoms with Crippen LogP contribution in [0.3, 0.4) is 0 Å². The molecule has 0 aliphatic carbocycles. The number of hydrogen-bond acceptors (Lipinski definition) is 3. The zero-order chi connectivity index (χ0) is 9.97. The number of carbonyl (C=O) groups excluding carboxylic acids is 1. The van der Waals surface area contributed by atoms with Crippen molar-refractivity contribution in [3.63, 3.8) is 0 Å². The molecule has 1 atom stereocenters. The molecule has 2 rings (SSSR count). The summed E-state index contributed by atoms with van der Waals surface area (Å²) in [4.78, 5) is 14.4. The van der Waals surface area contributed by atoms with Crippen molar-refractivity contribution in [1.29, 1.82) is 5.26 Å². The maximum absolute atomic E-state index is 11.4. The lowest BCUT2D eigenvalue weighted by Crippen LogP contribution is -2.23. The Bertz CT molecular complexity index is 366. The van der Waals surface area contributed by atoms with Crippen LogP contribution in [-0.2, 0) is 11.3 Å². The summed E-state index contributed by atoms with van der Waals surface area (Å²) in [5.74, 6) is -0.00703. The lowest BCUT2D eigenvalue weighted by Gasteiger charge is -2.13. The van der Waals surface area contributed by atoms with E-state index in [4.69, 9.17) is 5.26 Å². The second-order valence-corrected chi connectivity index (χ2v) is 4.42. The van der Waals surface area contributed by atoms with Crippen LogP contribution < -0.4 is 0 Å². The van der Waals surface area contributed by atoms with Gasteiger partial charge in [0.05, 0.1) is 18.5 Å². The van der Waals surface area contributed by atoms with Crippen molar-refractivity contribution in [3.8, 4) is 6.07 Å². The molecule has 1 amide bonds. The van der Waals surface area contributed by atoms with E-state index >= 15 is 0 Å². The van der Waals surface area contributed by atoms with Crippen molar-refractivity contribution >= 4 is 17.2 Å². The first-order chi connectivity index (χ1) is 6.79. The number of nitriles is 1. The third-order valence-electron chi connectivity index (χ3n) is 2.32. The summed E-state index contributed by atoms with van der Waals surface area (Å²) in [6, 6.07) is 6.13. The van der Waals surface area contributed by atoms with Crippen molar-refractivity contribution < 1.29 is 4.79 Å². The van der Waals surface area contributed by atoms with Gasteiger partial charge in [-0.3, -0.25) is 4.79 Å². The molecule has 2 heterocycles. The molecular weight excluding hydrogens is 196 g/mol. The van der Waals surface area contributed by atoms with E-state index in [-0.39, 0.29) is 11.8 Å². The zero-order valence-corrected chi connectivity index (χ0v) is 8.46. The molecule has 1 saturated heterocycles. The van der Waals surface area contributed by atoms with Gasteiger partial charge in [0.1, 0.15) is 0 Å².